The number of benzene rings is 1. The average Bonchev–Trinajstić information content (AvgIpc) is 2.55. The van der Waals surface area contributed by atoms with Gasteiger partial charge in [0.25, 0.3) is 0 Å². The zero-order valence-electron chi connectivity index (χ0n) is 14.5. The van der Waals surface area contributed by atoms with E-state index in [2.05, 4.69) is 5.32 Å². The summed E-state index contributed by atoms with van der Waals surface area (Å²) >= 11 is 0. The van der Waals surface area contributed by atoms with Gasteiger partial charge in [0, 0.05) is 24.7 Å². The molecule has 0 unspecified atom stereocenters. The van der Waals surface area contributed by atoms with Crippen LogP contribution in [-0.4, -0.2) is 60.3 Å². The third-order valence-electron chi connectivity index (χ3n) is 4.45. The Kier molecular flexibility index (Phi) is 6.99. The van der Waals surface area contributed by atoms with Crippen LogP contribution in [0.5, 0.6) is 0 Å². The molecule has 0 atom stereocenters. The van der Waals surface area contributed by atoms with E-state index < -0.39 is 0 Å². The molecular formula is C18H28FN3O2. The molecule has 1 aliphatic rings. The van der Waals surface area contributed by atoms with Crippen LogP contribution in [0, 0.1) is 5.82 Å². The number of likely N-dealkylation sites (N-methyl/N-ethyl adjacent to an activating group) is 1. The molecule has 1 aliphatic carbocycles. The first-order valence-corrected chi connectivity index (χ1v) is 8.57. The van der Waals surface area contributed by atoms with E-state index in [-0.39, 0.29) is 30.5 Å². The molecule has 1 saturated carbocycles. The fourth-order valence-electron chi connectivity index (χ4n) is 2.89. The summed E-state index contributed by atoms with van der Waals surface area (Å²) in [5.74, 6) is -0.291. The van der Waals surface area contributed by atoms with Crippen molar-refractivity contribution in [2.45, 2.75) is 44.4 Å². The summed E-state index contributed by atoms with van der Waals surface area (Å²) in [7, 11) is 3.89. The summed E-state index contributed by atoms with van der Waals surface area (Å²) in [6.45, 7) is 1.50. The third kappa shape index (κ3) is 5.76. The molecule has 0 bridgehead atoms. The number of aliphatic hydroxyl groups excluding tert-OH is 1. The highest BCUT2D eigenvalue weighted by atomic mass is 19.1. The van der Waals surface area contributed by atoms with Crippen molar-refractivity contribution in [1.82, 2.24) is 15.1 Å². The van der Waals surface area contributed by atoms with Crippen LogP contribution in [-0.2, 0) is 6.54 Å². The summed E-state index contributed by atoms with van der Waals surface area (Å²) in [6, 6.07) is 6.48. The quantitative estimate of drug-likeness (QED) is 0.837. The van der Waals surface area contributed by atoms with Gasteiger partial charge in [-0.2, -0.15) is 0 Å². The molecule has 1 aromatic rings. The highest BCUT2D eigenvalue weighted by Crippen LogP contribution is 2.19. The number of halogens is 1. The highest BCUT2D eigenvalue weighted by molar-refractivity contribution is 5.74. The lowest BCUT2D eigenvalue weighted by Gasteiger charge is -2.30. The Labute approximate surface area is 143 Å². The fourth-order valence-corrected chi connectivity index (χ4v) is 2.89. The van der Waals surface area contributed by atoms with Crippen LogP contribution in [0.25, 0.3) is 0 Å². The zero-order valence-corrected chi connectivity index (χ0v) is 14.5. The second kappa shape index (κ2) is 8.99. The summed E-state index contributed by atoms with van der Waals surface area (Å²) in [4.78, 5) is 16.3. The number of hydrogen-bond acceptors (Lipinski definition) is 3. The van der Waals surface area contributed by atoms with Gasteiger partial charge in [-0.25, -0.2) is 9.18 Å². The molecule has 0 spiro atoms. The SMILES string of the molecule is CN(C)CCN(Cc1ccccc1F)C(=O)NC1CCC(O)CC1. The first kappa shape index (κ1) is 18.7. The molecular weight excluding hydrogens is 309 g/mol. The third-order valence-corrected chi connectivity index (χ3v) is 4.45. The van der Waals surface area contributed by atoms with Gasteiger partial charge in [-0.15, -0.1) is 0 Å². The molecule has 0 heterocycles. The monoisotopic (exact) mass is 337 g/mol. The van der Waals surface area contributed by atoms with Crippen molar-refractivity contribution in [3.8, 4) is 0 Å². The number of urea groups is 1. The van der Waals surface area contributed by atoms with Gasteiger partial charge in [-0.05, 0) is 45.8 Å². The normalized spacial score (nSPS) is 20.9. The summed E-state index contributed by atoms with van der Waals surface area (Å²) < 4.78 is 13.9. The Morgan fingerprint density at radius 1 is 1.21 bits per heavy atom. The minimum absolute atomic E-state index is 0.0865. The molecule has 2 N–H and O–H groups in total. The number of aliphatic hydroxyl groups is 1. The summed E-state index contributed by atoms with van der Waals surface area (Å²) in [6.07, 6.45) is 2.76. The second-order valence-corrected chi connectivity index (χ2v) is 6.77. The lowest BCUT2D eigenvalue weighted by molar-refractivity contribution is 0.114. The van der Waals surface area contributed by atoms with Crippen molar-refractivity contribution >= 4 is 6.03 Å². The minimum atomic E-state index is -0.291. The summed E-state index contributed by atoms with van der Waals surface area (Å²) in [5.41, 5.74) is 0.519. The standard InChI is InChI=1S/C18H28FN3O2/c1-21(2)11-12-22(13-14-5-3-4-6-17(14)19)18(24)20-15-7-9-16(23)10-8-15/h3-6,15-16,23H,7-13H2,1-2H3,(H,20,24). The molecule has 1 fully saturated rings. The number of nitrogens with one attached hydrogen (secondary N) is 1. The van der Waals surface area contributed by atoms with Gasteiger partial charge >= 0.3 is 6.03 Å². The average molecular weight is 337 g/mol. The number of amides is 2. The van der Waals surface area contributed by atoms with Gasteiger partial charge in [-0.3, -0.25) is 0 Å². The topological polar surface area (TPSA) is 55.8 Å². The van der Waals surface area contributed by atoms with E-state index in [9.17, 15) is 14.3 Å². The maximum atomic E-state index is 13.9. The molecule has 0 aliphatic heterocycles. The number of rotatable bonds is 6. The molecule has 1 aromatic carbocycles. The predicted octanol–water partition coefficient (Wildman–Crippen LogP) is 2.20. The van der Waals surface area contributed by atoms with Crippen LogP contribution in [0.4, 0.5) is 9.18 Å². The van der Waals surface area contributed by atoms with Gasteiger partial charge in [0.15, 0.2) is 0 Å². The molecule has 134 valence electrons. The zero-order chi connectivity index (χ0) is 17.5. The van der Waals surface area contributed by atoms with Crippen molar-refractivity contribution < 1.29 is 14.3 Å². The highest BCUT2D eigenvalue weighted by Gasteiger charge is 2.23. The fraction of sp³-hybridized carbons (Fsp3) is 0.611. The number of nitrogens with zero attached hydrogens (tertiary/aromatic N) is 2. The Hall–Kier alpha value is -1.66. The van der Waals surface area contributed by atoms with Gasteiger partial charge in [0.05, 0.1) is 12.6 Å². The molecule has 2 amide bonds. The van der Waals surface area contributed by atoms with Gasteiger partial charge in [0.2, 0.25) is 0 Å². The molecule has 0 radical (unpaired) electrons. The van der Waals surface area contributed by atoms with Crippen LogP contribution in [0.15, 0.2) is 24.3 Å². The maximum Gasteiger partial charge on any atom is 0.317 e. The lowest BCUT2D eigenvalue weighted by atomic mass is 9.93. The molecule has 0 saturated heterocycles. The minimum Gasteiger partial charge on any atom is -0.393 e. The van der Waals surface area contributed by atoms with Crippen molar-refractivity contribution in [3.05, 3.63) is 35.6 Å². The molecule has 2 rings (SSSR count). The number of carbonyl (C=O) groups is 1. The number of carbonyl (C=O) groups excluding carboxylic acids is 1. The first-order valence-electron chi connectivity index (χ1n) is 8.57. The molecule has 0 aromatic heterocycles. The van der Waals surface area contributed by atoms with Crippen LogP contribution in [0.3, 0.4) is 0 Å². The van der Waals surface area contributed by atoms with Crippen LogP contribution < -0.4 is 5.32 Å². The van der Waals surface area contributed by atoms with E-state index in [1.807, 2.05) is 19.0 Å². The lowest BCUT2D eigenvalue weighted by Crippen LogP contribution is -2.47. The van der Waals surface area contributed by atoms with Crippen LogP contribution in [0.2, 0.25) is 0 Å². The largest absolute Gasteiger partial charge is 0.393 e. The van der Waals surface area contributed by atoms with E-state index >= 15 is 0 Å². The van der Waals surface area contributed by atoms with Gasteiger partial charge in [-0.1, -0.05) is 18.2 Å². The van der Waals surface area contributed by atoms with E-state index in [0.717, 1.165) is 25.7 Å². The molecule has 6 heteroatoms. The Morgan fingerprint density at radius 2 is 1.88 bits per heavy atom. The van der Waals surface area contributed by atoms with E-state index in [1.165, 1.54) is 6.07 Å². The molecule has 5 nitrogen and oxygen atoms in total. The predicted molar refractivity (Wildman–Crippen MR) is 92.2 cm³/mol. The van der Waals surface area contributed by atoms with E-state index in [4.69, 9.17) is 0 Å². The summed E-state index contributed by atoms with van der Waals surface area (Å²) in [5, 5.41) is 12.6. The molecule has 24 heavy (non-hydrogen) atoms. The Morgan fingerprint density at radius 3 is 2.50 bits per heavy atom. The van der Waals surface area contributed by atoms with Crippen molar-refractivity contribution in [3.63, 3.8) is 0 Å². The maximum absolute atomic E-state index is 13.9. The van der Waals surface area contributed by atoms with Crippen molar-refractivity contribution in [2.75, 3.05) is 27.2 Å². The van der Waals surface area contributed by atoms with E-state index in [0.29, 0.717) is 18.7 Å². The van der Waals surface area contributed by atoms with Crippen LogP contribution >= 0.6 is 0 Å². The van der Waals surface area contributed by atoms with Crippen LogP contribution in [0.1, 0.15) is 31.2 Å². The van der Waals surface area contributed by atoms with Gasteiger partial charge in [0.1, 0.15) is 5.82 Å². The van der Waals surface area contributed by atoms with E-state index in [1.54, 1.807) is 23.1 Å². The van der Waals surface area contributed by atoms with Gasteiger partial charge < -0.3 is 20.2 Å². The van der Waals surface area contributed by atoms with Crippen molar-refractivity contribution in [2.24, 2.45) is 0 Å². The number of hydrogen-bond donors (Lipinski definition) is 2. The second-order valence-electron chi connectivity index (χ2n) is 6.77. The van der Waals surface area contributed by atoms with Crippen molar-refractivity contribution in [1.29, 1.82) is 0 Å². The Balaban J connectivity index is 1.98. The first-order chi connectivity index (χ1) is 11.5. The smallest absolute Gasteiger partial charge is 0.317 e. The Bertz CT molecular complexity index is 531.